The number of nitrogens with two attached hydrogens (primary N) is 1. The summed E-state index contributed by atoms with van der Waals surface area (Å²) in [5, 5.41) is 3.04. The third kappa shape index (κ3) is 2.15. The maximum absolute atomic E-state index is 5.72. The number of nitrogens with one attached hydrogen (secondary N) is 1. The van der Waals surface area contributed by atoms with Crippen LogP contribution in [0.4, 0.5) is 0 Å². The Hall–Kier alpha value is -1.84. The van der Waals surface area contributed by atoms with Crippen molar-refractivity contribution in [2.45, 2.75) is 19.4 Å². The minimum absolute atomic E-state index is 0. The molecule has 4 heteroatoms. The predicted octanol–water partition coefficient (Wildman–Crippen LogP) is 1.36. The van der Waals surface area contributed by atoms with Crippen LogP contribution in [0, 0.1) is 0 Å². The summed E-state index contributed by atoms with van der Waals surface area (Å²) in [6.07, 6.45) is 5.59. The van der Waals surface area contributed by atoms with Gasteiger partial charge in [-0.1, -0.05) is 0 Å². The highest BCUT2D eigenvalue weighted by molar-refractivity contribution is 5.90. The lowest BCUT2D eigenvalue weighted by Crippen LogP contribution is -2.38. The van der Waals surface area contributed by atoms with Crippen molar-refractivity contribution in [3.05, 3.63) is 36.2 Å². The summed E-state index contributed by atoms with van der Waals surface area (Å²) in [5.74, 6) is 0.446. The highest BCUT2D eigenvalue weighted by Gasteiger charge is 2.20. The van der Waals surface area contributed by atoms with Gasteiger partial charge in [0.25, 0.3) is 0 Å². The van der Waals surface area contributed by atoms with E-state index in [0.29, 0.717) is 5.96 Å². The van der Waals surface area contributed by atoms with Gasteiger partial charge in [0.1, 0.15) is 0 Å². The molecule has 0 bridgehead atoms. The van der Waals surface area contributed by atoms with E-state index < -0.39 is 0 Å². The molecule has 3 N–H and O–H groups in total. The average Bonchev–Trinajstić information content (AvgIpc) is 2.16. The molecule has 0 aliphatic carbocycles. The third-order valence-electron chi connectivity index (χ3n) is 2.14. The molecule has 15 heavy (non-hydrogen) atoms. The summed E-state index contributed by atoms with van der Waals surface area (Å²) in [4.78, 5) is 8.35. The molecule has 1 aliphatic heterocycles. The standard InChI is InChI=1S/C11H14N4.H2/c1-11(2)6-9(14-10(12)15-11)8-4-3-5-13-7-8;/h3-7H,1-2H3,(H3,12,14,15);1H. The van der Waals surface area contributed by atoms with E-state index in [9.17, 15) is 0 Å². The van der Waals surface area contributed by atoms with Crippen molar-refractivity contribution in [1.82, 2.24) is 10.3 Å². The van der Waals surface area contributed by atoms with Crippen LogP contribution in [0.2, 0.25) is 0 Å². The summed E-state index contributed by atoms with van der Waals surface area (Å²) in [6, 6.07) is 3.88. The molecule has 1 aromatic rings. The molecule has 2 heterocycles. The second kappa shape index (κ2) is 3.38. The van der Waals surface area contributed by atoms with Crippen LogP contribution >= 0.6 is 0 Å². The highest BCUT2D eigenvalue weighted by atomic mass is 15.1. The molecule has 0 radical (unpaired) electrons. The van der Waals surface area contributed by atoms with Crippen LogP contribution in [0.25, 0.3) is 5.70 Å². The van der Waals surface area contributed by atoms with Crippen molar-refractivity contribution in [2.75, 3.05) is 0 Å². The predicted molar refractivity (Wildman–Crippen MR) is 63.2 cm³/mol. The zero-order chi connectivity index (χ0) is 10.9. The first-order valence-corrected chi connectivity index (χ1v) is 4.82. The van der Waals surface area contributed by atoms with Crippen molar-refractivity contribution in [1.29, 1.82) is 0 Å². The van der Waals surface area contributed by atoms with Crippen LogP contribution < -0.4 is 11.1 Å². The molecule has 2 rings (SSSR count). The summed E-state index contributed by atoms with van der Waals surface area (Å²) in [6.45, 7) is 4.02. The van der Waals surface area contributed by atoms with Crippen molar-refractivity contribution in [3.63, 3.8) is 0 Å². The number of pyridine rings is 1. The lowest BCUT2D eigenvalue weighted by atomic mass is 10.0. The highest BCUT2D eigenvalue weighted by Crippen LogP contribution is 2.21. The van der Waals surface area contributed by atoms with E-state index >= 15 is 0 Å². The fourth-order valence-electron chi connectivity index (χ4n) is 1.58. The topological polar surface area (TPSA) is 63.3 Å². The molecule has 1 aromatic heterocycles. The van der Waals surface area contributed by atoms with Gasteiger partial charge in [-0.05, 0) is 32.1 Å². The molecule has 0 saturated heterocycles. The smallest absolute Gasteiger partial charge is 0.193 e. The fourth-order valence-corrected chi connectivity index (χ4v) is 1.58. The van der Waals surface area contributed by atoms with Gasteiger partial charge in [-0.2, -0.15) is 0 Å². The lowest BCUT2D eigenvalue weighted by Gasteiger charge is -2.24. The molecule has 0 saturated carbocycles. The molecule has 0 unspecified atom stereocenters. The lowest BCUT2D eigenvalue weighted by molar-refractivity contribution is 0.643. The first-order chi connectivity index (χ1) is 7.07. The molecular weight excluding hydrogens is 188 g/mol. The average molecular weight is 204 g/mol. The maximum Gasteiger partial charge on any atom is 0.193 e. The van der Waals surface area contributed by atoms with Gasteiger partial charge >= 0.3 is 0 Å². The zero-order valence-corrected chi connectivity index (χ0v) is 8.86. The first kappa shape index (κ1) is 9.71. The molecule has 0 fully saturated rings. The number of rotatable bonds is 1. The van der Waals surface area contributed by atoms with E-state index in [1.165, 1.54) is 0 Å². The van der Waals surface area contributed by atoms with E-state index in [4.69, 9.17) is 5.73 Å². The van der Waals surface area contributed by atoms with Gasteiger partial charge in [0, 0.05) is 25.1 Å². The van der Waals surface area contributed by atoms with Gasteiger partial charge in [-0.3, -0.25) is 4.98 Å². The van der Waals surface area contributed by atoms with Gasteiger partial charge in [-0.25, -0.2) is 4.99 Å². The van der Waals surface area contributed by atoms with E-state index in [1.54, 1.807) is 12.4 Å². The van der Waals surface area contributed by atoms with Gasteiger partial charge in [0.05, 0.1) is 5.54 Å². The van der Waals surface area contributed by atoms with Crippen LogP contribution in [0.15, 0.2) is 35.6 Å². The largest absolute Gasteiger partial charge is 0.370 e. The Morgan fingerprint density at radius 1 is 1.47 bits per heavy atom. The molecule has 1 aliphatic rings. The normalized spacial score (nSPS) is 18.8. The second-order valence-electron chi connectivity index (χ2n) is 4.08. The Kier molecular flexibility index (Phi) is 2.19. The van der Waals surface area contributed by atoms with Crippen molar-refractivity contribution < 1.29 is 1.43 Å². The fraction of sp³-hybridized carbons (Fsp3) is 0.273. The van der Waals surface area contributed by atoms with Crippen molar-refractivity contribution >= 4 is 11.7 Å². The van der Waals surface area contributed by atoms with Crippen molar-refractivity contribution in [2.24, 2.45) is 10.7 Å². The van der Waals surface area contributed by atoms with Gasteiger partial charge in [0.2, 0.25) is 0 Å². The Morgan fingerprint density at radius 3 is 2.87 bits per heavy atom. The number of nitrogens with zero attached hydrogens (tertiary/aromatic N) is 2. The summed E-state index contributed by atoms with van der Waals surface area (Å²) >= 11 is 0. The van der Waals surface area contributed by atoms with Crippen LogP contribution in [-0.2, 0) is 0 Å². The van der Waals surface area contributed by atoms with E-state index in [2.05, 4.69) is 15.3 Å². The number of hydrogen-bond acceptors (Lipinski definition) is 4. The monoisotopic (exact) mass is 204 g/mol. The van der Waals surface area contributed by atoms with E-state index in [-0.39, 0.29) is 6.97 Å². The second-order valence-corrected chi connectivity index (χ2v) is 4.08. The number of aliphatic imine (C=N–C) groups is 1. The Morgan fingerprint density at radius 2 is 2.27 bits per heavy atom. The Bertz CT molecular complexity index is 423. The summed E-state index contributed by atoms with van der Waals surface area (Å²) in [5.41, 5.74) is 7.43. The minimum Gasteiger partial charge on any atom is -0.370 e. The van der Waals surface area contributed by atoms with Crippen LogP contribution in [0.1, 0.15) is 20.8 Å². The molecule has 0 amide bonds. The van der Waals surface area contributed by atoms with Crippen LogP contribution in [0.3, 0.4) is 0 Å². The third-order valence-corrected chi connectivity index (χ3v) is 2.14. The summed E-state index contributed by atoms with van der Waals surface area (Å²) in [7, 11) is 0. The Balaban J connectivity index is 0.00000128. The number of hydrogen-bond donors (Lipinski definition) is 2. The first-order valence-electron chi connectivity index (χ1n) is 4.82. The van der Waals surface area contributed by atoms with Gasteiger partial charge in [0.15, 0.2) is 5.96 Å². The molecule has 0 aromatic carbocycles. The van der Waals surface area contributed by atoms with Gasteiger partial charge in [-0.15, -0.1) is 0 Å². The quantitative estimate of drug-likeness (QED) is 0.726. The van der Waals surface area contributed by atoms with E-state index in [1.807, 2.05) is 32.1 Å². The molecule has 80 valence electrons. The SMILES string of the molecule is CC1(C)C=C(c2cccnc2)NC(N)=N1.[HH]. The molecule has 4 nitrogen and oxygen atoms in total. The minimum atomic E-state index is -0.263. The van der Waals surface area contributed by atoms with Crippen LogP contribution in [0.5, 0.6) is 0 Å². The maximum atomic E-state index is 5.72. The number of aromatic nitrogens is 1. The molecule has 0 spiro atoms. The molecule has 0 atom stereocenters. The van der Waals surface area contributed by atoms with Gasteiger partial charge < -0.3 is 11.1 Å². The van der Waals surface area contributed by atoms with Crippen molar-refractivity contribution in [3.8, 4) is 0 Å². The van der Waals surface area contributed by atoms with E-state index in [0.717, 1.165) is 11.3 Å². The van der Waals surface area contributed by atoms with Crippen LogP contribution in [-0.4, -0.2) is 16.5 Å². The Labute approximate surface area is 90.4 Å². The zero-order valence-electron chi connectivity index (χ0n) is 8.86. The number of guanidine groups is 1. The molecular formula is C11H16N4. The summed E-state index contributed by atoms with van der Waals surface area (Å²) < 4.78 is 0.